The molecule has 0 bridgehead atoms. The Morgan fingerprint density at radius 3 is 1.24 bits per heavy atom. The lowest BCUT2D eigenvalue weighted by atomic mass is 9.33. The monoisotopic (exact) mass is 769 g/mol. The van der Waals surface area contributed by atoms with Crippen molar-refractivity contribution in [3.8, 4) is 0 Å². The lowest BCUT2D eigenvalue weighted by molar-refractivity contribution is 0.590. The second-order valence-corrected chi connectivity index (χ2v) is 19.7. The van der Waals surface area contributed by atoms with Gasteiger partial charge in [0, 0.05) is 45.5 Å². The highest BCUT2D eigenvalue weighted by atomic mass is 15.2. The summed E-state index contributed by atoms with van der Waals surface area (Å²) in [6.07, 6.45) is 0. The van der Waals surface area contributed by atoms with Crippen LogP contribution in [0.15, 0.2) is 158 Å². The van der Waals surface area contributed by atoms with Gasteiger partial charge in [-0.2, -0.15) is 0 Å². The number of fused-ring (bicyclic) bond motifs is 4. The lowest BCUT2D eigenvalue weighted by Gasteiger charge is -2.45. The van der Waals surface area contributed by atoms with Crippen molar-refractivity contribution in [1.29, 1.82) is 0 Å². The fraction of sp³-hybridized carbons (Fsp3) is 0.236. The molecule has 2 aliphatic rings. The normalized spacial score (nSPS) is 13.5. The maximum absolute atomic E-state index is 2.54. The van der Waals surface area contributed by atoms with Crippen molar-refractivity contribution in [2.45, 2.75) is 85.5 Å². The summed E-state index contributed by atoms with van der Waals surface area (Å²) in [6, 6.07) is 59.4. The van der Waals surface area contributed by atoms with Gasteiger partial charge < -0.3 is 14.7 Å². The molecule has 3 nitrogen and oxygen atoms in total. The Kier molecular flexibility index (Phi) is 9.20. The molecule has 7 aromatic rings. The smallest absolute Gasteiger partial charge is 0.252 e. The molecule has 0 atom stereocenters. The number of hydrogen-bond acceptors (Lipinski definition) is 3. The van der Waals surface area contributed by atoms with E-state index in [9.17, 15) is 0 Å². The SMILES string of the molecule is Cc1ccc2c(c1)B1c3cc(C(C)(C)C)ccc3N(c3ccc(C(C)(C)C)cc3)c3cc(N(c4ccccc4)c4ccccc4)cc(c31)N2c1ccc(C(C)(C)C)cc1. The molecule has 9 rings (SSSR count). The van der Waals surface area contributed by atoms with Crippen LogP contribution in [-0.2, 0) is 16.2 Å². The van der Waals surface area contributed by atoms with Crippen LogP contribution in [-0.4, -0.2) is 6.71 Å². The molecule has 0 aliphatic carbocycles. The third kappa shape index (κ3) is 6.83. The molecular weight excluding hydrogens is 713 g/mol. The first-order valence-corrected chi connectivity index (χ1v) is 21.2. The van der Waals surface area contributed by atoms with Crippen LogP contribution in [0.4, 0.5) is 51.2 Å². The molecular formula is C55H56BN3. The Morgan fingerprint density at radius 2 is 0.797 bits per heavy atom. The summed E-state index contributed by atoms with van der Waals surface area (Å²) in [5.41, 5.74) is 19.8. The molecule has 0 saturated carbocycles. The number of nitrogens with zero attached hydrogens (tertiary/aromatic N) is 3. The van der Waals surface area contributed by atoms with Gasteiger partial charge in [0.1, 0.15) is 0 Å². The van der Waals surface area contributed by atoms with Crippen molar-refractivity contribution in [3.05, 3.63) is 180 Å². The minimum absolute atomic E-state index is 0.0159. The molecule has 4 heteroatoms. The molecule has 0 unspecified atom stereocenters. The van der Waals surface area contributed by atoms with Crippen LogP contribution >= 0.6 is 0 Å². The van der Waals surface area contributed by atoms with Gasteiger partial charge in [0.2, 0.25) is 0 Å². The van der Waals surface area contributed by atoms with E-state index in [0.717, 1.165) is 28.4 Å². The first-order valence-electron chi connectivity index (χ1n) is 21.2. The zero-order chi connectivity index (χ0) is 41.4. The number of anilines is 9. The molecule has 2 heterocycles. The van der Waals surface area contributed by atoms with E-state index in [1.165, 1.54) is 61.4 Å². The quantitative estimate of drug-likeness (QED) is 0.161. The molecule has 0 fully saturated rings. The highest BCUT2D eigenvalue weighted by Gasteiger charge is 2.44. The number of benzene rings is 7. The summed E-state index contributed by atoms with van der Waals surface area (Å²) in [5, 5.41) is 0. The number of para-hydroxylation sites is 2. The Balaban J connectivity index is 1.41. The number of rotatable bonds is 5. The van der Waals surface area contributed by atoms with Gasteiger partial charge in [-0.1, -0.05) is 153 Å². The van der Waals surface area contributed by atoms with Gasteiger partial charge in [-0.05, 0) is 129 Å². The van der Waals surface area contributed by atoms with Crippen molar-refractivity contribution < 1.29 is 0 Å². The first-order chi connectivity index (χ1) is 28.1. The summed E-state index contributed by atoms with van der Waals surface area (Å²) in [7, 11) is 0. The highest BCUT2D eigenvalue weighted by Crippen LogP contribution is 2.48. The van der Waals surface area contributed by atoms with Crippen LogP contribution in [0.25, 0.3) is 0 Å². The van der Waals surface area contributed by atoms with Gasteiger partial charge >= 0.3 is 0 Å². The van der Waals surface area contributed by atoms with E-state index in [-0.39, 0.29) is 23.0 Å². The van der Waals surface area contributed by atoms with Crippen LogP contribution in [0.5, 0.6) is 0 Å². The van der Waals surface area contributed by atoms with E-state index in [4.69, 9.17) is 0 Å². The molecule has 7 aromatic carbocycles. The van der Waals surface area contributed by atoms with Crippen molar-refractivity contribution in [2.75, 3.05) is 14.7 Å². The summed E-state index contributed by atoms with van der Waals surface area (Å²) in [5.74, 6) is 0. The molecule has 0 aromatic heterocycles. The summed E-state index contributed by atoms with van der Waals surface area (Å²) in [6.45, 7) is 23.0. The number of aryl methyl sites for hydroxylation is 1. The molecule has 59 heavy (non-hydrogen) atoms. The third-order valence-corrected chi connectivity index (χ3v) is 12.3. The Labute approximate surface area is 353 Å². The van der Waals surface area contributed by atoms with Gasteiger partial charge in [0.15, 0.2) is 0 Å². The van der Waals surface area contributed by atoms with E-state index >= 15 is 0 Å². The third-order valence-electron chi connectivity index (χ3n) is 12.3. The summed E-state index contributed by atoms with van der Waals surface area (Å²) < 4.78 is 0. The zero-order valence-corrected chi connectivity index (χ0v) is 36.4. The zero-order valence-electron chi connectivity index (χ0n) is 36.4. The predicted octanol–water partition coefficient (Wildman–Crippen LogP) is 13.4. The van der Waals surface area contributed by atoms with Crippen molar-refractivity contribution in [3.63, 3.8) is 0 Å². The minimum Gasteiger partial charge on any atom is -0.311 e. The van der Waals surface area contributed by atoms with E-state index in [1.807, 2.05) is 0 Å². The van der Waals surface area contributed by atoms with Gasteiger partial charge in [-0.3, -0.25) is 0 Å². The van der Waals surface area contributed by atoms with E-state index in [2.05, 4.69) is 242 Å². The van der Waals surface area contributed by atoms with Gasteiger partial charge in [-0.25, -0.2) is 0 Å². The largest absolute Gasteiger partial charge is 0.311 e. The maximum Gasteiger partial charge on any atom is 0.252 e. The Morgan fingerprint density at radius 1 is 0.390 bits per heavy atom. The lowest BCUT2D eigenvalue weighted by Crippen LogP contribution is -2.61. The molecule has 0 saturated heterocycles. The molecule has 0 radical (unpaired) electrons. The molecule has 0 N–H and O–H groups in total. The highest BCUT2D eigenvalue weighted by molar-refractivity contribution is 7.00. The van der Waals surface area contributed by atoms with Crippen LogP contribution in [0.3, 0.4) is 0 Å². The second-order valence-electron chi connectivity index (χ2n) is 19.7. The molecule has 294 valence electrons. The second kappa shape index (κ2) is 14.1. The maximum atomic E-state index is 2.54. The van der Waals surface area contributed by atoms with Crippen LogP contribution < -0.4 is 31.1 Å². The minimum atomic E-state index is -0.0159. The van der Waals surface area contributed by atoms with Crippen molar-refractivity contribution in [1.82, 2.24) is 0 Å². The fourth-order valence-electron chi connectivity index (χ4n) is 9.08. The fourth-order valence-corrected chi connectivity index (χ4v) is 9.08. The summed E-state index contributed by atoms with van der Waals surface area (Å²) in [4.78, 5) is 7.49. The number of hydrogen-bond donors (Lipinski definition) is 0. The van der Waals surface area contributed by atoms with Crippen LogP contribution in [0.1, 0.15) is 84.6 Å². The summed E-state index contributed by atoms with van der Waals surface area (Å²) >= 11 is 0. The molecule has 0 spiro atoms. The average molecular weight is 770 g/mol. The Hall–Kier alpha value is -6.00. The molecule has 0 amide bonds. The first kappa shape index (κ1) is 38.5. The van der Waals surface area contributed by atoms with Gasteiger partial charge in [0.05, 0.1) is 5.69 Å². The Bertz CT molecular complexity index is 2600. The van der Waals surface area contributed by atoms with Crippen LogP contribution in [0.2, 0.25) is 0 Å². The van der Waals surface area contributed by atoms with Crippen molar-refractivity contribution in [2.24, 2.45) is 0 Å². The average Bonchev–Trinajstić information content (AvgIpc) is 3.20. The predicted molar refractivity (Wildman–Crippen MR) is 256 cm³/mol. The van der Waals surface area contributed by atoms with E-state index in [1.54, 1.807) is 0 Å². The van der Waals surface area contributed by atoms with E-state index < -0.39 is 0 Å². The van der Waals surface area contributed by atoms with Gasteiger partial charge in [0.25, 0.3) is 6.71 Å². The standard InChI is InChI=1S/C55H56BN3/c1-37-21-31-48-46(33-37)56-47-34-40(55(8,9)10)26-32-49(47)59(44-29-24-39(25-30-44)54(5,6)7)51-36-45(57(41-17-13-11-14-18-41)42-19-15-12-16-20-42)35-50(52(51)56)58(48)43-27-22-38(23-28-43)53(2,3)4/h11-36H,1-10H3. The molecule has 2 aliphatic heterocycles. The topological polar surface area (TPSA) is 9.72 Å². The van der Waals surface area contributed by atoms with Crippen molar-refractivity contribution >= 4 is 74.3 Å². The van der Waals surface area contributed by atoms with Crippen LogP contribution in [0, 0.1) is 6.92 Å². The van der Waals surface area contributed by atoms with Gasteiger partial charge in [-0.15, -0.1) is 0 Å². The van der Waals surface area contributed by atoms with E-state index in [0.29, 0.717) is 0 Å².